The Morgan fingerprint density at radius 2 is 1.90 bits per heavy atom. The van der Waals surface area contributed by atoms with E-state index in [-0.39, 0.29) is 23.9 Å². The van der Waals surface area contributed by atoms with E-state index in [0.717, 1.165) is 5.56 Å². The molecule has 0 saturated carbocycles. The monoisotopic (exact) mass is 296 g/mol. The molecule has 2 amide bonds. The van der Waals surface area contributed by atoms with E-state index in [9.17, 15) is 9.59 Å². The average molecular weight is 297 g/mol. The van der Waals surface area contributed by atoms with E-state index in [0.29, 0.717) is 10.7 Å². The molecule has 0 radical (unpaired) electrons. The van der Waals surface area contributed by atoms with E-state index in [1.165, 1.54) is 11.8 Å². The summed E-state index contributed by atoms with van der Waals surface area (Å²) in [5, 5.41) is 3.42. The van der Waals surface area contributed by atoms with Gasteiger partial charge in [-0.3, -0.25) is 9.59 Å². The minimum absolute atomic E-state index is 0.0201. The summed E-state index contributed by atoms with van der Waals surface area (Å²) in [4.78, 5) is 25.2. The second-order valence-corrected chi connectivity index (χ2v) is 6.19. The molecule has 0 aliphatic heterocycles. The lowest BCUT2D eigenvalue weighted by Crippen LogP contribution is -2.47. The van der Waals surface area contributed by atoms with Gasteiger partial charge in [-0.1, -0.05) is 17.7 Å². The van der Waals surface area contributed by atoms with Crippen LogP contribution in [0.25, 0.3) is 0 Å². The third kappa shape index (κ3) is 4.53. The van der Waals surface area contributed by atoms with Gasteiger partial charge in [-0.05, 0) is 45.4 Å². The number of rotatable bonds is 3. The third-order valence-corrected chi connectivity index (χ3v) is 3.14. The van der Waals surface area contributed by atoms with E-state index in [2.05, 4.69) is 5.32 Å². The first-order valence-electron chi connectivity index (χ1n) is 6.46. The highest BCUT2D eigenvalue weighted by molar-refractivity contribution is 6.31. The highest BCUT2D eigenvalue weighted by Crippen LogP contribution is 2.26. The number of anilines is 1. The Bertz CT molecular complexity index is 521. The molecule has 20 heavy (non-hydrogen) atoms. The molecule has 0 atom stereocenters. The smallest absolute Gasteiger partial charge is 0.240 e. The predicted octanol–water partition coefficient (Wildman–Crippen LogP) is 2.92. The fourth-order valence-corrected chi connectivity index (χ4v) is 2.03. The summed E-state index contributed by atoms with van der Waals surface area (Å²) in [6.45, 7) is 8.93. The molecule has 0 aliphatic rings. The Kier molecular flexibility index (Phi) is 5.17. The Morgan fingerprint density at radius 1 is 1.30 bits per heavy atom. The second kappa shape index (κ2) is 6.27. The molecular formula is C15H21ClN2O2. The third-order valence-electron chi connectivity index (χ3n) is 2.73. The average Bonchev–Trinajstić information content (AvgIpc) is 2.27. The maximum atomic E-state index is 12.0. The van der Waals surface area contributed by atoms with Crippen LogP contribution in [0.4, 0.5) is 5.69 Å². The van der Waals surface area contributed by atoms with E-state index in [1.54, 1.807) is 18.2 Å². The number of hydrogen-bond donors (Lipinski definition) is 1. The lowest BCUT2D eigenvalue weighted by atomic mass is 10.1. The van der Waals surface area contributed by atoms with Crippen LogP contribution >= 0.6 is 11.6 Å². The van der Waals surface area contributed by atoms with Crippen molar-refractivity contribution in [2.24, 2.45) is 0 Å². The van der Waals surface area contributed by atoms with Gasteiger partial charge in [-0.15, -0.1) is 0 Å². The van der Waals surface area contributed by atoms with Crippen molar-refractivity contribution in [2.75, 3.05) is 11.4 Å². The number of nitrogens with one attached hydrogen (secondary N) is 1. The van der Waals surface area contributed by atoms with Gasteiger partial charge in [0.15, 0.2) is 0 Å². The van der Waals surface area contributed by atoms with Crippen LogP contribution in [0, 0.1) is 6.92 Å². The summed E-state index contributed by atoms with van der Waals surface area (Å²) in [6.07, 6.45) is 0. The zero-order valence-corrected chi connectivity index (χ0v) is 13.3. The standard InChI is InChI=1S/C15H21ClN2O2/c1-10-12(16)7-6-8-13(10)18(11(2)19)9-14(20)17-15(3,4)5/h6-8H,9H2,1-5H3,(H,17,20). The van der Waals surface area contributed by atoms with Crippen LogP contribution in [-0.4, -0.2) is 23.9 Å². The first-order valence-corrected chi connectivity index (χ1v) is 6.84. The van der Waals surface area contributed by atoms with Gasteiger partial charge >= 0.3 is 0 Å². The fourth-order valence-electron chi connectivity index (χ4n) is 1.86. The zero-order chi connectivity index (χ0) is 15.5. The van der Waals surface area contributed by atoms with Crippen molar-refractivity contribution < 1.29 is 9.59 Å². The van der Waals surface area contributed by atoms with Crippen molar-refractivity contribution in [3.63, 3.8) is 0 Å². The van der Waals surface area contributed by atoms with Gasteiger partial charge in [-0.25, -0.2) is 0 Å². The molecule has 0 bridgehead atoms. The molecule has 0 fully saturated rings. The first-order chi connectivity index (χ1) is 9.11. The summed E-state index contributed by atoms with van der Waals surface area (Å²) >= 11 is 6.07. The normalized spacial score (nSPS) is 11.1. The molecule has 5 heteroatoms. The van der Waals surface area contributed by atoms with Crippen molar-refractivity contribution in [1.29, 1.82) is 0 Å². The van der Waals surface area contributed by atoms with Gasteiger partial charge in [0.05, 0.1) is 0 Å². The maximum Gasteiger partial charge on any atom is 0.240 e. The second-order valence-electron chi connectivity index (χ2n) is 5.79. The zero-order valence-electron chi connectivity index (χ0n) is 12.6. The van der Waals surface area contributed by atoms with Crippen molar-refractivity contribution in [3.8, 4) is 0 Å². The van der Waals surface area contributed by atoms with Gasteiger partial charge in [0.2, 0.25) is 11.8 Å². The number of carbonyl (C=O) groups is 2. The minimum Gasteiger partial charge on any atom is -0.350 e. The van der Waals surface area contributed by atoms with Crippen LogP contribution in [0.15, 0.2) is 18.2 Å². The number of carbonyl (C=O) groups excluding carboxylic acids is 2. The van der Waals surface area contributed by atoms with Crippen molar-refractivity contribution in [2.45, 2.75) is 40.2 Å². The Morgan fingerprint density at radius 3 is 2.40 bits per heavy atom. The van der Waals surface area contributed by atoms with Crippen LogP contribution in [0.2, 0.25) is 5.02 Å². The van der Waals surface area contributed by atoms with Crippen molar-refractivity contribution in [3.05, 3.63) is 28.8 Å². The molecule has 110 valence electrons. The van der Waals surface area contributed by atoms with Crippen LogP contribution < -0.4 is 10.2 Å². The molecule has 1 rings (SSSR count). The van der Waals surface area contributed by atoms with E-state index in [1.807, 2.05) is 27.7 Å². The molecule has 1 aromatic carbocycles. The topological polar surface area (TPSA) is 49.4 Å². The van der Waals surface area contributed by atoms with Crippen molar-refractivity contribution >= 4 is 29.1 Å². The molecule has 1 N–H and O–H groups in total. The number of benzene rings is 1. The minimum atomic E-state index is -0.330. The van der Waals surface area contributed by atoms with Gasteiger partial charge in [-0.2, -0.15) is 0 Å². The first kappa shape index (κ1) is 16.5. The number of amides is 2. The predicted molar refractivity (Wildman–Crippen MR) is 82.1 cm³/mol. The lowest BCUT2D eigenvalue weighted by molar-refractivity contribution is -0.124. The summed E-state index contributed by atoms with van der Waals surface area (Å²) < 4.78 is 0. The molecule has 0 aliphatic carbocycles. The molecule has 1 aromatic rings. The van der Waals surface area contributed by atoms with Crippen LogP contribution in [0.1, 0.15) is 33.3 Å². The lowest BCUT2D eigenvalue weighted by Gasteiger charge is -2.26. The molecule has 0 unspecified atom stereocenters. The molecule has 0 spiro atoms. The van der Waals surface area contributed by atoms with Gasteiger partial charge in [0.25, 0.3) is 0 Å². The summed E-state index contributed by atoms with van der Waals surface area (Å²) in [6, 6.07) is 5.31. The highest BCUT2D eigenvalue weighted by Gasteiger charge is 2.21. The Balaban J connectivity index is 2.99. The molecular weight excluding hydrogens is 276 g/mol. The molecule has 0 heterocycles. The Labute approximate surface area is 125 Å². The number of hydrogen-bond acceptors (Lipinski definition) is 2. The largest absolute Gasteiger partial charge is 0.350 e. The van der Waals surface area contributed by atoms with Crippen LogP contribution in [0.5, 0.6) is 0 Å². The van der Waals surface area contributed by atoms with Gasteiger partial charge in [0.1, 0.15) is 6.54 Å². The van der Waals surface area contributed by atoms with Gasteiger partial charge < -0.3 is 10.2 Å². The summed E-state index contributed by atoms with van der Waals surface area (Å²) in [5.74, 6) is -0.397. The molecule has 0 saturated heterocycles. The van der Waals surface area contributed by atoms with E-state index >= 15 is 0 Å². The van der Waals surface area contributed by atoms with E-state index < -0.39 is 0 Å². The SMILES string of the molecule is CC(=O)N(CC(=O)NC(C)(C)C)c1cccc(Cl)c1C. The number of nitrogens with zero attached hydrogens (tertiary/aromatic N) is 1. The van der Waals surface area contributed by atoms with Gasteiger partial charge in [0, 0.05) is 23.2 Å². The maximum absolute atomic E-state index is 12.0. The van der Waals surface area contributed by atoms with E-state index in [4.69, 9.17) is 11.6 Å². The quantitative estimate of drug-likeness (QED) is 0.932. The van der Waals surface area contributed by atoms with Crippen LogP contribution in [-0.2, 0) is 9.59 Å². The molecule has 0 aromatic heterocycles. The van der Waals surface area contributed by atoms with Crippen molar-refractivity contribution in [1.82, 2.24) is 5.32 Å². The fraction of sp³-hybridized carbons (Fsp3) is 0.467. The summed E-state index contributed by atoms with van der Waals surface area (Å²) in [5.41, 5.74) is 1.12. The molecule has 4 nitrogen and oxygen atoms in total. The summed E-state index contributed by atoms with van der Waals surface area (Å²) in [7, 11) is 0. The highest BCUT2D eigenvalue weighted by atomic mass is 35.5. The Hall–Kier alpha value is -1.55. The van der Waals surface area contributed by atoms with Crippen LogP contribution in [0.3, 0.4) is 0 Å². The number of halogens is 1.